The summed E-state index contributed by atoms with van der Waals surface area (Å²) in [4.78, 5) is 11.3. The van der Waals surface area contributed by atoms with Gasteiger partial charge in [-0.2, -0.15) is 4.98 Å². The van der Waals surface area contributed by atoms with Crippen molar-refractivity contribution >= 4 is 11.8 Å². The zero-order valence-electron chi connectivity index (χ0n) is 11.5. The number of hydrogen-bond acceptors (Lipinski definition) is 5. The van der Waals surface area contributed by atoms with Gasteiger partial charge in [-0.1, -0.05) is 0 Å². The largest absolute Gasteiger partial charge is 0.383 e. The van der Waals surface area contributed by atoms with Crippen LogP contribution in [0, 0.1) is 5.92 Å². The van der Waals surface area contributed by atoms with Crippen molar-refractivity contribution in [3.05, 3.63) is 12.3 Å². The highest BCUT2D eigenvalue weighted by Gasteiger charge is 2.31. The molecule has 19 heavy (non-hydrogen) atoms. The van der Waals surface area contributed by atoms with Gasteiger partial charge < -0.3 is 15.0 Å². The van der Waals surface area contributed by atoms with E-state index in [9.17, 15) is 0 Å². The van der Waals surface area contributed by atoms with E-state index in [1.165, 1.54) is 25.7 Å². The van der Waals surface area contributed by atoms with E-state index in [0.29, 0.717) is 6.04 Å². The molecule has 0 bridgehead atoms. The number of methoxy groups -OCH3 is 1. The topological polar surface area (TPSA) is 50.3 Å². The third kappa shape index (κ3) is 3.15. The summed E-state index contributed by atoms with van der Waals surface area (Å²) in [6, 6.07) is 2.33. The predicted molar refractivity (Wildman–Crippen MR) is 75.5 cm³/mol. The summed E-state index contributed by atoms with van der Waals surface area (Å²) in [5.41, 5.74) is 0. The Hall–Kier alpha value is -1.36. The molecule has 1 unspecified atom stereocenters. The number of ether oxygens (including phenoxy) is 1. The smallest absolute Gasteiger partial charge is 0.227 e. The van der Waals surface area contributed by atoms with Crippen molar-refractivity contribution < 1.29 is 4.74 Å². The third-order valence-electron chi connectivity index (χ3n) is 3.90. The van der Waals surface area contributed by atoms with E-state index in [1.807, 2.05) is 12.3 Å². The molecule has 104 valence electrons. The Morgan fingerprint density at radius 2 is 2.21 bits per heavy atom. The highest BCUT2D eigenvalue weighted by Crippen LogP contribution is 2.34. The van der Waals surface area contributed by atoms with Crippen molar-refractivity contribution in [3.8, 4) is 0 Å². The molecular weight excluding hydrogens is 240 g/mol. The average molecular weight is 262 g/mol. The molecule has 2 fully saturated rings. The SMILES string of the molecule is COCC(Nc1ccnc(N2CCCC2)n1)C1CC1. The van der Waals surface area contributed by atoms with Crippen molar-refractivity contribution in [3.63, 3.8) is 0 Å². The Labute approximate surface area is 114 Å². The molecule has 1 aromatic rings. The molecule has 2 heterocycles. The molecular formula is C14H22N4O. The Bertz CT molecular complexity index is 416. The van der Waals surface area contributed by atoms with Gasteiger partial charge in [0.2, 0.25) is 5.95 Å². The van der Waals surface area contributed by atoms with Gasteiger partial charge in [-0.05, 0) is 37.7 Å². The number of anilines is 2. The van der Waals surface area contributed by atoms with E-state index >= 15 is 0 Å². The molecule has 1 atom stereocenters. The standard InChI is InChI=1S/C14H22N4O/c1-19-10-12(11-4-5-11)16-13-6-7-15-14(17-13)18-8-2-3-9-18/h6-7,11-12H,2-5,8-10H2,1H3,(H,15,16,17). The van der Waals surface area contributed by atoms with Crippen LogP contribution in [0.2, 0.25) is 0 Å². The maximum Gasteiger partial charge on any atom is 0.227 e. The van der Waals surface area contributed by atoms with E-state index in [4.69, 9.17) is 4.74 Å². The van der Waals surface area contributed by atoms with Crippen molar-refractivity contribution in [2.45, 2.75) is 31.7 Å². The summed E-state index contributed by atoms with van der Waals surface area (Å²) in [6.45, 7) is 2.90. The molecule has 5 heteroatoms. The summed E-state index contributed by atoms with van der Waals surface area (Å²) in [5.74, 6) is 2.52. The minimum Gasteiger partial charge on any atom is -0.383 e. The first kappa shape index (κ1) is 12.7. The fraction of sp³-hybridized carbons (Fsp3) is 0.714. The molecule has 0 amide bonds. The minimum atomic E-state index is 0.381. The van der Waals surface area contributed by atoms with Gasteiger partial charge in [0.15, 0.2) is 0 Å². The second kappa shape index (κ2) is 5.74. The van der Waals surface area contributed by atoms with E-state index in [2.05, 4.69) is 20.2 Å². The lowest BCUT2D eigenvalue weighted by atomic mass is 10.2. The molecule has 5 nitrogen and oxygen atoms in total. The molecule has 2 aliphatic rings. The molecule has 0 radical (unpaired) electrons. The molecule has 0 spiro atoms. The van der Waals surface area contributed by atoms with Crippen LogP contribution in [0.15, 0.2) is 12.3 Å². The Kier molecular flexibility index (Phi) is 3.82. The molecule has 1 saturated carbocycles. The first-order valence-corrected chi connectivity index (χ1v) is 7.20. The van der Waals surface area contributed by atoms with Gasteiger partial charge in [0.05, 0.1) is 12.6 Å². The fourth-order valence-electron chi connectivity index (χ4n) is 2.66. The van der Waals surface area contributed by atoms with Crippen LogP contribution in [-0.2, 0) is 4.74 Å². The van der Waals surface area contributed by atoms with Gasteiger partial charge in [0.1, 0.15) is 5.82 Å². The van der Waals surface area contributed by atoms with Crippen LogP contribution in [0.3, 0.4) is 0 Å². The summed E-state index contributed by atoms with van der Waals surface area (Å²) in [7, 11) is 1.76. The maximum atomic E-state index is 5.29. The number of hydrogen-bond donors (Lipinski definition) is 1. The monoisotopic (exact) mass is 262 g/mol. The van der Waals surface area contributed by atoms with Gasteiger partial charge in [0, 0.05) is 26.4 Å². The molecule has 1 N–H and O–H groups in total. The molecule has 1 aromatic heterocycles. The lowest BCUT2D eigenvalue weighted by Gasteiger charge is -2.20. The summed E-state index contributed by atoms with van der Waals surface area (Å²) >= 11 is 0. The molecule has 1 aliphatic heterocycles. The number of nitrogens with zero attached hydrogens (tertiary/aromatic N) is 3. The number of rotatable bonds is 6. The van der Waals surface area contributed by atoms with E-state index < -0.39 is 0 Å². The maximum absolute atomic E-state index is 5.29. The number of nitrogens with one attached hydrogen (secondary N) is 1. The van der Waals surface area contributed by atoms with Crippen LogP contribution < -0.4 is 10.2 Å². The Balaban J connectivity index is 1.67. The van der Waals surface area contributed by atoms with Gasteiger partial charge in [-0.3, -0.25) is 0 Å². The van der Waals surface area contributed by atoms with E-state index in [-0.39, 0.29) is 0 Å². The second-order valence-electron chi connectivity index (χ2n) is 5.48. The van der Waals surface area contributed by atoms with Crippen molar-refractivity contribution in [1.82, 2.24) is 9.97 Å². The van der Waals surface area contributed by atoms with Crippen LogP contribution in [0.5, 0.6) is 0 Å². The van der Waals surface area contributed by atoms with Crippen molar-refractivity contribution in [2.75, 3.05) is 37.0 Å². The lowest BCUT2D eigenvalue weighted by Crippen LogP contribution is -2.28. The van der Waals surface area contributed by atoms with Crippen LogP contribution in [0.1, 0.15) is 25.7 Å². The van der Waals surface area contributed by atoms with E-state index in [1.54, 1.807) is 7.11 Å². The Morgan fingerprint density at radius 3 is 2.89 bits per heavy atom. The molecule has 0 aromatic carbocycles. The highest BCUT2D eigenvalue weighted by molar-refractivity contribution is 5.42. The first-order valence-electron chi connectivity index (χ1n) is 7.20. The van der Waals surface area contributed by atoms with Crippen molar-refractivity contribution in [2.24, 2.45) is 5.92 Å². The summed E-state index contributed by atoms with van der Waals surface area (Å²) in [5, 5.41) is 3.50. The fourth-order valence-corrected chi connectivity index (χ4v) is 2.66. The third-order valence-corrected chi connectivity index (χ3v) is 3.90. The normalized spacial score (nSPS) is 20.6. The molecule has 3 rings (SSSR count). The van der Waals surface area contributed by atoms with Crippen LogP contribution in [0.25, 0.3) is 0 Å². The zero-order chi connectivity index (χ0) is 13.1. The predicted octanol–water partition coefficient (Wildman–Crippen LogP) is 1.91. The number of aromatic nitrogens is 2. The summed E-state index contributed by atoms with van der Waals surface area (Å²) in [6.07, 6.45) is 6.93. The average Bonchev–Trinajstić information content (AvgIpc) is 3.13. The second-order valence-corrected chi connectivity index (χ2v) is 5.48. The van der Waals surface area contributed by atoms with Crippen LogP contribution in [0.4, 0.5) is 11.8 Å². The summed E-state index contributed by atoms with van der Waals surface area (Å²) < 4.78 is 5.29. The zero-order valence-corrected chi connectivity index (χ0v) is 11.5. The Morgan fingerprint density at radius 1 is 1.42 bits per heavy atom. The van der Waals surface area contributed by atoms with Gasteiger partial charge in [0.25, 0.3) is 0 Å². The molecule has 1 aliphatic carbocycles. The van der Waals surface area contributed by atoms with Gasteiger partial charge in [-0.15, -0.1) is 0 Å². The minimum absolute atomic E-state index is 0.381. The quantitative estimate of drug-likeness (QED) is 0.848. The van der Waals surface area contributed by atoms with Crippen LogP contribution >= 0.6 is 0 Å². The van der Waals surface area contributed by atoms with Crippen LogP contribution in [-0.4, -0.2) is 42.8 Å². The highest BCUT2D eigenvalue weighted by atomic mass is 16.5. The van der Waals surface area contributed by atoms with Gasteiger partial charge in [-0.25, -0.2) is 4.98 Å². The van der Waals surface area contributed by atoms with Gasteiger partial charge >= 0.3 is 0 Å². The molecule has 1 saturated heterocycles. The lowest BCUT2D eigenvalue weighted by molar-refractivity contribution is 0.179. The first-order chi connectivity index (χ1) is 9.36. The van der Waals surface area contributed by atoms with E-state index in [0.717, 1.165) is 37.4 Å². The van der Waals surface area contributed by atoms with Crippen molar-refractivity contribution in [1.29, 1.82) is 0 Å².